The van der Waals surface area contributed by atoms with Gasteiger partial charge in [-0.3, -0.25) is 4.79 Å². The Labute approximate surface area is 149 Å². The second-order valence-electron chi connectivity index (χ2n) is 7.04. The summed E-state index contributed by atoms with van der Waals surface area (Å²) in [4.78, 5) is 22.8. The van der Waals surface area contributed by atoms with Gasteiger partial charge in [0.05, 0.1) is 19.2 Å². The first-order valence-electron chi connectivity index (χ1n) is 9.49. The molecule has 1 aromatic rings. The number of hydrogen-bond acceptors (Lipinski definition) is 6. The van der Waals surface area contributed by atoms with Gasteiger partial charge in [-0.05, 0) is 32.1 Å². The Morgan fingerprint density at radius 2 is 1.96 bits per heavy atom. The minimum absolute atomic E-state index is 0.0123. The van der Waals surface area contributed by atoms with Gasteiger partial charge in [0, 0.05) is 18.7 Å². The van der Waals surface area contributed by atoms with Crippen molar-refractivity contribution in [3.05, 3.63) is 12.4 Å². The van der Waals surface area contributed by atoms with Crippen LogP contribution in [0, 0.1) is 0 Å². The number of carbonyl (C=O) groups excluding carboxylic acids is 1. The molecule has 3 N–H and O–H groups in total. The number of rotatable bonds is 6. The van der Waals surface area contributed by atoms with Crippen LogP contribution in [0.3, 0.4) is 0 Å². The van der Waals surface area contributed by atoms with Crippen LogP contribution in [0.25, 0.3) is 0 Å². The minimum Gasteiger partial charge on any atom is -0.394 e. The van der Waals surface area contributed by atoms with Gasteiger partial charge in [0.1, 0.15) is 18.0 Å². The van der Waals surface area contributed by atoms with Crippen LogP contribution in [-0.4, -0.2) is 52.8 Å². The third-order valence-electron chi connectivity index (χ3n) is 5.19. The fourth-order valence-corrected chi connectivity index (χ4v) is 3.79. The highest BCUT2D eigenvalue weighted by atomic mass is 16.3. The number of hydrogen-bond donors (Lipinski definition) is 3. The van der Waals surface area contributed by atoms with Crippen LogP contribution in [-0.2, 0) is 4.79 Å². The molecule has 1 atom stereocenters. The predicted octanol–water partition coefficient (Wildman–Crippen LogP) is 1.69. The molecule has 7 nitrogen and oxygen atoms in total. The Hall–Kier alpha value is -1.89. The average molecular weight is 347 g/mol. The lowest BCUT2D eigenvalue weighted by Crippen LogP contribution is -2.42. The van der Waals surface area contributed by atoms with Crippen LogP contribution in [0.15, 0.2) is 12.4 Å². The van der Waals surface area contributed by atoms with Gasteiger partial charge in [0.25, 0.3) is 0 Å². The lowest BCUT2D eigenvalue weighted by Gasteiger charge is -2.35. The van der Waals surface area contributed by atoms with Gasteiger partial charge in [-0.15, -0.1) is 0 Å². The molecule has 0 radical (unpaired) electrons. The molecule has 2 heterocycles. The van der Waals surface area contributed by atoms with Gasteiger partial charge in [-0.2, -0.15) is 0 Å². The summed E-state index contributed by atoms with van der Waals surface area (Å²) in [6.45, 7) is 1.25. The molecule has 1 saturated heterocycles. The average Bonchev–Trinajstić information content (AvgIpc) is 2.67. The second kappa shape index (κ2) is 8.99. The van der Waals surface area contributed by atoms with E-state index in [1.807, 2.05) is 6.07 Å². The Balaban J connectivity index is 1.53. The molecule has 1 aliphatic carbocycles. The third kappa shape index (κ3) is 5.04. The lowest BCUT2D eigenvalue weighted by molar-refractivity contribution is -0.120. The number of nitrogens with zero attached hydrogens (tertiary/aromatic N) is 3. The number of anilines is 2. The largest absolute Gasteiger partial charge is 0.394 e. The molecule has 3 rings (SSSR count). The fraction of sp³-hybridized carbons (Fsp3) is 0.722. The molecular weight excluding hydrogens is 318 g/mol. The van der Waals surface area contributed by atoms with E-state index in [0.29, 0.717) is 11.9 Å². The van der Waals surface area contributed by atoms with Crippen LogP contribution in [0.4, 0.5) is 11.6 Å². The van der Waals surface area contributed by atoms with Gasteiger partial charge in [0.2, 0.25) is 5.91 Å². The van der Waals surface area contributed by atoms with Gasteiger partial charge >= 0.3 is 0 Å². The molecule has 25 heavy (non-hydrogen) atoms. The summed E-state index contributed by atoms with van der Waals surface area (Å²) in [6.07, 6.45) is 10.6. The number of aliphatic hydroxyl groups excluding tert-OH is 1. The third-order valence-corrected chi connectivity index (χ3v) is 5.19. The zero-order valence-corrected chi connectivity index (χ0v) is 14.8. The number of carbonyl (C=O) groups is 1. The molecule has 1 amide bonds. The molecule has 1 aromatic heterocycles. The van der Waals surface area contributed by atoms with Gasteiger partial charge < -0.3 is 20.6 Å². The summed E-state index contributed by atoms with van der Waals surface area (Å²) in [7, 11) is 0. The van der Waals surface area contributed by atoms with Gasteiger partial charge in [0.15, 0.2) is 0 Å². The van der Waals surface area contributed by atoms with Gasteiger partial charge in [-0.1, -0.05) is 19.3 Å². The van der Waals surface area contributed by atoms with Crippen molar-refractivity contribution in [1.82, 2.24) is 15.3 Å². The van der Waals surface area contributed by atoms with Crippen molar-refractivity contribution in [1.29, 1.82) is 0 Å². The monoisotopic (exact) mass is 347 g/mol. The maximum Gasteiger partial charge on any atom is 0.239 e. The van der Waals surface area contributed by atoms with Crippen molar-refractivity contribution in [2.75, 3.05) is 29.9 Å². The lowest BCUT2D eigenvalue weighted by atomic mass is 9.95. The standard InChI is InChI=1S/C18H29N5O2/c24-12-15-8-4-5-9-23(15)17-10-16(20-13-21-17)19-11-18(25)22-14-6-2-1-3-7-14/h10,13-15,24H,1-9,11-12H2,(H,22,25)(H,19,20,21). The van der Waals surface area contributed by atoms with E-state index < -0.39 is 0 Å². The van der Waals surface area contributed by atoms with E-state index in [9.17, 15) is 9.90 Å². The summed E-state index contributed by atoms with van der Waals surface area (Å²) in [5, 5.41) is 15.8. The van der Waals surface area contributed by atoms with Crippen LogP contribution in [0.2, 0.25) is 0 Å². The maximum atomic E-state index is 12.1. The van der Waals surface area contributed by atoms with E-state index in [2.05, 4.69) is 25.5 Å². The van der Waals surface area contributed by atoms with Crippen LogP contribution in [0.1, 0.15) is 51.4 Å². The molecule has 1 unspecified atom stereocenters. The molecule has 138 valence electrons. The summed E-state index contributed by atoms with van der Waals surface area (Å²) in [5.41, 5.74) is 0. The quantitative estimate of drug-likeness (QED) is 0.725. The highest BCUT2D eigenvalue weighted by molar-refractivity contribution is 5.80. The molecule has 0 bridgehead atoms. The summed E-state index contributed by atoms with van der Waals surface area (Å²) in [6, 6.07) is 2.30. The zero-order chi connectivity index (χ0) is 17.5. The van der Waals surface area contributed by atoms with Crippen LogP contribution >= 0.6 is 0 Å². The smallest absolute Gasteiger partial charge is 0.239 e. The van der Waals surface area contributed by atoms with E-state index in [-0.39, 0.29) is 25.1 Å². The topological polar surface area (TPSA) is 90.4 Å². The normalized spacial score (nSPS) is 21.8. The van der Waals surface area contributed by atoms with Crippen molar-refractivity contribution in [3.8, 4) is 0 Å². The minimum atomic E-state index is 0.0123. The number of amides is 1. The highest BCUT2D eigenvalue weighted by Crippen LogP contribution is 2.24. The first-order valence-corrected chi connectivity index (χ1v) is 9.49. The Kier molecular flexibility index (Phi) is 6.44. The van der Waals surface area contributed by atoms with E-state index >= 15 is 0 Å². The summed E-state index contributed by atoms with van der Waals surface area (Å²) < 4.78 is 0. The van der Waals surface area contributed by atoms with E-state index in [0.717, 1.165) is 44.5 Å². The predicted molar refractivity (Wildman–Crippen MR) is 97.6 cm³/mol. The van der Waals surface area contributed by atoms with Crippen LogP contribution < -0.4 is 15.5 Å². The molecule has 2 aliphatic rings. The van der Waals surface area contributed by atoms with Crippen molar-refractivity contribution in [2.45, 2.75) is 63.5 Å². The Morgan fingerprint density at radius 1 is 1.16 bits per heavy atom. The van der Waals surface area contributed by atoms with Crippen molar-refractivity contribution < 1.29 is 9.90 Å². The molecule has 7 heteroatoms. The molecule has 2 fully saturated rings. The maximum absolute atomic E-state index is 12.1. The summed E-state index contributed by atoms with van der Waals surface area (Å²) >= 11 is 0. The fourth-order valence-electron chi connectivity index (χ4n) is 3.79. The highest BCUT2D eigenvalue weighted by Gasteiger charge is 2.23. The number of aliphatic hydroxyl groups is 1. The molecule has 0 aromatic carbocycles. The number of piperidine rings is 1. The second-order valence-corrected chi connectivity index (χ2v) is 7.04. The van der Waals surface area contributed by atoms with E-state index in [1.54, 1.807) is 0 Å². The Bertz CT molecular complexity index is 562. The summed E-state index contributed by atoms with van der Waals surface area (Å²) in [5.74, 6) is 1.47. The van der Waals surface area contributed by atoms with Crippen LogP contribution in [0.5, 0.6) is 0 Å². The van der Waals surface area contributed by atoms with Crippen molar-refractivity contribution in [2.24, 2.45) is 0 Å². The first kappa shape index (κ1) is 17.9. The van der Waals surface area contributed by atoms with Crippen molar-refractivity contribution in [3.63, 3.8) is 0 Å². The van der Waals surface area contributed by atoms with Gasteiger partial charge in [-0.25, -0.2) is 9.97 Å². The molecular formula is C18H29N5O2. The molecule has 0 spiro atoms. The van der Waals surface area contributed by atoms with E-state index in [4.69, 9.17) is 0 Å². The van der Waals surface area contributed by atoms with E-state index in [1.165, 1.54) is 25.6 Å². The number of nitrogens with one attached hydrogen (secondary N) is 2. The molecule has 1 aliphatic heterocycles. The van der Waals surface area contributed by atoms with Crippen molar-refractivity contribution >= 4 is 17.5 Å². The first-order chi connectivity index (χ1) is 12.3. The molecule has 1 saturated carbocycles. The SMILES string of the molecule is O=C(CNc1cc(N2CCCCC2CO)ncn1)NC1CCCCC1. The number of aromatic nitrogens is 2. The Morgan fingerprint density at radius 3 is 2.76 bits per heavy atom. The zero-order valence-electron chi connectivity index (χ0n) is 14.8.